The molecule has 0 amide bonds. The minimum Gasteiger partial charge on any atom is -0.364 e. The molecule has 0 saturated carbocycles. The van der Waals surface area contributed by atoms with Crippen LogP contribution in [0.4, 0.5) is 20.4 Å². The third-order valence-electron chi connectivity index (χ3n) is 5.31. The van der Waals surface area contributed by atoms with Gasteiger partial charge in [0.2, 0.25) is 10.0 Å². The van der Waals surface area contributed by atoms with Gasteiger partial charge >= 0.3 is 0 Å². The molecule has 3 aromatic rings. The first-order valence-corrected chi connectivity index (χ1v) is 12.2. The molecule has 0 bridgehead atoms. The number of anilines is 2. The van der Waals surface area contributed by atoms with Crippen molar-refractivity contribution in [2.75, 3.05) is 35.0 Å². The predicted molar refractivity (Wildman–Crippen MR) is 118 cm³/mol. The maximum absolute atomic E-state index is 14.7. The highest BCUT2D eigenvalue weighted by Gasteiger charge is 2.30. The smallest absolute Gasteiger partial charge is 0.236 e. The van der Waals surface area contributed by atoms with E-state index in [4.69, 9.17) is 0 Å². The highest BCUT2D eigenvalue weighted by Crippen LogP contribution is 2.28. The van der Waals surface area contributed by atoms with E-state index in [0.717, 1.165) is 19.0 Å². The number of fused-ring (bicyclic) bond motifs is 1. The fourth-order valence-corrected chi connectivity index (χ4v) is 5.30. The van der Waals surface area contributed by atoms with E-state index in [1.807, 2.05) is 13.8 Å². The Bertz CT molecular complexity index is 1230. The molecule has 1 atom stereocenters. The van der Waals surface area contributed by atoms with Crippen LogP contribution >= 0.6 is 0 Å². The highest BCUT2D eigenvalue weighted by molar-refractivity contribution is 7.93. The molecule has 32 heavy (non-hydrogen) atoms. The van der Waals surface area contributed by atoms with Crippen molar-refractivity contribution in [3.8, 4) is 11.4 Å². The Balaban J connectivity index is 0.00000119. The second-order valence-corrected chi connectivity index (χ2v) is 9.35. The van der Waals surface area contributed by atoms with Crippen molar-refractivity contribution in [3.05, 3.63) is 36.3 Å². The average Bonchev–Trinajstić information content (AvgIpc) is 3.51. The Morgan fingerprint density at radius 2 is 2.00 bits per heavy atom. The summed E-state index contributed by atoms with van der Waals surface area (Å²) >= 11 is 0. The van der Waals surface area contributed by atoms with Gasteiger partial charge in [-0.1, -0.05) is 13.8 Å². The monoisotopic (exact) mass is 465 g/mol. The Kier molecular flexibility index (Phi) is 6.24. The van der Waals surface area contributed by atoms with Gasteiger partial charge in [-0.2, -0.15) is 0 Å². The van der Waals surface area contributed by atoms with Crippen molar-refractivity contribution >= 4 is 27.3 Å². The summed E-state index contributed by atoms with van der Waals surface area (Å²) in [6.07, 6.45) is 5.63. The second-order valence-electron chi connectivity index (χ2n) is 7.34. The quantitative estimate of drug-likeness (QED) is 0.610. The molecule has 172 valence electrons. The van der Waals surface area contributed by atoms with E-state index in [-0.39, 0.29) is 34.8 Å². The van der Waals surface area contributed by atoms with Crippen LogP contribution in [-0.4, -0.2) is 59.2 Å². The molecule has 2 saturated heterocycles. The largest absolute Gasteiger partial charge is 0.364 e. The Morgan fingerprint density at radius 1 is 1.19 bits per heavy atom. The number of imidazole rings is 1. The van der Waals surface area contributed by atoms with Gasteiger partial charge in [0, 0.05) is 25.2 Å². The number of aromatic nitrogens is 4. The zero-order valence-corrected chi connectivity index (χ0v) is 18.7. The maximum atomic E-state index is 14.7. The van der Waals surface area contributed by atoms with Gasteiger partial charge in [0.25, 0.3) is 0 Å². The number of hydrogen-bond donors (Lipinski definition) is 2. The van der Waals surface area contributed by atoms with Crippen molar-refractivity contribution in [2.24, 2.45) is 0 Å². The maximum Gasteiger partial charge on any atom is 0.236 e. The van der Waals surface area contributed by atoms with Crippen molar-refractivity contribution in [1.29, 1.82) is 0 Å². The first kappa shape index (κ1) is 22.3. The topological polar surface area (TPSA) is 105 Å². The molecule has 0 radical (unpaired) electrons. The van der Waals surface area contributed by atoms with E-state index in [1.165, 1.54) is 27.3 Å². The third kappa shape index (κ3) is 4.11. The number of halogens is 2. The van der Waals surface area contributed by atoms with Crippen molar-refractivity contribution in [3.63, 3.8) is 0 Å². The van der Waals surface area contributed by atoms with Crippen LogP contribution in [0.3, 0.4) is 0 Å². The van der Waals surface area contributed by atoms with Gasteiger partial charge in [0.15, 0.2) is 28.9 Å². The minimum absolute atomic E-state index is 0.00340. The van der Waals surface area contributed by atoms with Crippen LogP contribution in [0.15, 0.2) is 24.7 Å². The molecular formula is C20H25F2N7O2S. The minimum atomic E-state index is -3.42. The summed E-state index contributed by atoms with van der Waals surface area (Å²) in [6, 6.07) is 0.795. The van der Waals surface area contributed by atoms with E-state index in [9.17, 15) is 17.2 Å². The SMILES string of the molecule is CC.O=S1(=O)CCCN1c1cn2c(-c3nc(N[C@@H]4CCNC4)c(F)cc3F)cnc2cn1. The van der Waals surface area contributed by atoms with E-state index in [1.54, 1.807) is 0 Å². The van der Waals surface area contributed by atoms with Gasteiger partial charge < -0.3 is 10.6 Å². The summed E-state index contributed by atoms with van der Waals surface area (Å²) in [5, 5.41) is 6.18. The van der Waals surface area contributed by atoms with E-state index in [0.29, 0.717) is 25.2 Å². The number of nitrogens with zero attached hydrogens (tertiary/aromatic N) is 5. The van der Waals surface area contributed by atoms with E-state index in [2.05, 4.69) is 25.6 Å². The summed E-state index contributed by atoms with van der Waals surface area (Å²) in [7, 11) is -3.42. The number of pyridine rings is 1. The normalized spacial score (nSPS) is 19.8. The Hall–Kier alpha value is -2.86. The van der Waals surface area contributed by atoms with E-state index >= 15 is 0 Å². The van der Waals surface area contributed by atoms with Crippen molar-refractivity contribution in [2.45, 2.75) is 32.7 Å². The van der Waals surface area contributed by atoms with Gasteiger partial charge in [-0.3, -0.25) is 8.71 Å². The number of hydrogen-bond acceptors (Lipinski definition) is 7. The number of nitrogens with one attached hydrogen (secondary N) is 2. The zero-order valence-electron chi connectivity index (χ0n) is 17.8. The predicted octanol–water partition coefficient (Wildman–Crippen LogP) is 2.41. The number of rotatable bonds is 4. The second kappa shape index (κ2) is 8.94. The fraction of sp³-hybridized carbons (Fsp3) is 0.450. The van der Waals surface area contributed by atoms with Gasteiger partial charge in [0.1, 0.15) is 5.69 Å². The molecule has 0 aliphatic carbocycles. The molecule has 0 unspecified atom stereocenters. The summed E-state index contributed by atoms with van der Waals surface area (Å²) < 4.78 is 56.1. The van der Waals surface area contributed by atoms with Crippen molar-refractivity contribution < 1.29 is 17.2 Å². The van der Waals surface area contributed by atoms with Crippen LogP contribution in [0.25, 0.3) is 17.0 Å². The highest BCUT2D eigenvalue weighted by atomic mass is 32.2. The lowest BCUT2D eigenvalue weighted by molar-refractivity contribution is 0.575. The van der Waals surface area contributed by atoms with Crippen LogP contribution in [0.5, 0.6) is 0 Å². The number of sulfonamides is 1. The Labute approximate surface area is 184 Å². The first-order chi connectivity index (χ1) is 15.4. The molecule has 2 aliphatic rings. The van der Waals surface area contributed by atoms with Crippen LogP contribution in [-0.2, 0) is 10.0 Å². The molecule has 3 aromatic heterocycles. The molecule has 12 heteroatoms. The lowest BCUT2D eigenvalue weighted by atomic mass is 10.2. The molecule has 5 rings (SSSR count). The lowest BCUT2D eigenvalue weighted by Gasteiger charge is -2.16. The van der Waals surface area contributed by atoms with Gasteiger partial charge in [0.05, 0.1) is 30.0 Å². The van der Waals surface area contributed by atoms with Gasteiger partial charge in [-0.15, -0.1) is 0 Å². The van der Waals surface area contributed by atoms with Crippen molar-refractivity contribution in [1.82, 2.24) is 24.7 Å². The van der Waals surface area contributed by atoms with Gasteiger partial charge in [-0.25, -0.2) is 32.2 Å². The van der Waals surface area contributed by atoms with Crippen LogP contribution in [0.2, 0.25) is 0 Å². The lowest BCUT2D eigenvalue weighted by Crippen LogP contribution is -2.26. The molecule has 2 aliphatic heterocycles. The summed E-state index contributed by atoms with van der Waals surface area (Å²) in [5.41, 5.74) is 0.583. The molecular weight excluding hydrogens is 440 g/mol. The molecule has 2 fully saturated rings. The first-order valence-electron chi connectivity index (χ1n) is 10.6. The average molecular weight is 466 g/mol. The molecule has 9 nitrogen and oxygen atoms in total. The third-order valence-corrected chi connectivity index (χ3v) is 7.16. The van der Waals surface area contributed by atoms with Crippen LogP contribution < -0.4 is 14.9 Å². The van der Waals surface area contributed by atoms with Crippen LogP contribution in [0.1, 0.15) is 26.7 Å². The van der Waals surface area contributed by atoms with Gasteiger partial charge in [-0.05, 0) is 19.4 Å². The molecule has 0 spiro atoms. The summed E-state index contributed by atoms with van der Waals surface area (Å²) in [5.74, 6) is -1.37. The molecule has 2 N–H and O–H groups in total. The fourth-order valence-electron chi connectivity index (χ4n) is 3.80. The summed E-state index contributed by atoms with van der Waals surface area (Å²) in [6.45, 7) is 5.82. The standard InChI is InChI=1S/C18H19F2N7O2S.C2H6/c19-12-6-13(20)18(24-11-2-3-21-7-11)25-17(12)14-8-22-15-9-23-16(10-26(14)15)27-4-1-5-30(27,28)29;1-2/h6,8-11,21H,1-5,7H2,(H,24,25);1-2H3/t11-;/m1./s1. The van der Waals surface area contributed by atoms with Crippen LogP contribution in [0, 0.1) is 11.6 Å². The van der Waals surface area contributed by atoms with E-state index < -0.39 is 21.7 Å². The Morgan fingerprint density at radius 3 is 2.69 bits per heavy atom. The summed E-state index contributed by atoms with van der Waals surface area (Å²) in [4.78, 5) is 12.6. The molecule has 0 aromatic carbocycles. The zero-order chi connectivity index (χ0) is 22.9. The molecule has 5 heterocycles.